The van der Waals surface area contributed by atoms with Gasteiger partial charge in [0, 0.05) is 23.6 Å². The Balaban J connectivity index is 1.60. The molecule has 0 spiro atoms. The number of hydrogen-bond donors (Lipinski definition) is 1. The third kappa shape index (κ3) is 5.19. The number of halogens is 5. The molecule has 2 heterocycles. The van der Waals surface area contributed by atoms with Crippen molar-refractivity contribution in [1.29, 1.82) is 0 Å². The predicted molar refractivity (Wildman–Crippen MR) is 138 cm³/mol. The first-order valence-electron chi connectivity index (χ1n) is 12.3. The Morgan fingerprint density at radius 1 is 0.857 bits per heavy atom. The van der Waals surface area contributed by atoms with Gasteiger partial charge in [0.05, 0.1) is 26.5 Å². The molecule has 8 heteroatoms. The van der Waals surface area contributed by atoms with E-state index in [1.54, 1.807) is 6.07 Å². The monoisotopic (exact) mass is 538 g/mol. The van der Waals surface area contributed by atoms with Crippen molar-refractivity contribution in [2.45, 2.75) is 70.1 Å². The molecule has 0 atom stereocenters. The maximum absolute atomic E-state index is 14.6. The van der Waals surface area contributed by atoms with Crippen molar-refractivity contribution in [3.63, 3.8) is 0 Å². The van der Waals surface area contributed by atoms with Crippen molar-refractivity contribution in [2.24, 2.45) is 10.9 Å². The van der Waals surface area contributed by atoms with Crippen LogP contribution in [0.25, 0.3) is 5.76 Å². The van der Waals surface area contributed by atoms with Gasteiger partial charge < -0.3 is 9.72 Å². The zero-order chi connectivity index (χ0) is 24.5. The maximum atomic E-state index is 14.6. The molecule has 2 aliphatic carbocycles. The van der Waals surface area contributed by atoms with E-state index in [0.29, 0.717) is 27.4 Å². The molecule has 1 aromatic carbocycles. The van der Waals surface area contributed by atoms with Crippen molar-refractivity contribution < 1.29 is 13.5 Å². The Kier molecular flexibility index (Phi) is 7.57. The zero-order valence-corrected chi connectivity index (χ0v) is 21.5. The van der Waals surface area contributed by atoms with E-state index in [-0.39, 0.29) is 22.5 Å². The van der Waals surface area contributed by atoms with Gasteiger partial charge in [-0.1, -0.05) is 73.3 Å². The number of benzene rings is 1. The van der Waals surface area contributed by atoms with Gasteiger partial charge in [-0.25, -0.2) is 13.8 Å². The second-order valence-electron chi connectivity index (χ2n) is 9.59. The summed E-state index contributed by atoms with van der Waals surface area (Å²) in [7, 11) is 0. The number of aliphatic imine (C=N–C) groups is 1. The molecule has 0 amide bonds. The Labute approximate surface area is 219 Å². The van der Waals surface area contributed by atoms with E-state index in [1.165, 1.54) is 18.9 Å². The molecule has 3 aliphatic rings. The van der Waals surface area contributed by atoms with Crippen molar-refractivity contribution in [3.8, 4) is 5.75 Å². The van der Waals surface area contributed by atoms with Gasteiger partial charge in [-0.05, 0) is 43.9 Å². The summed E-state index contributed by atoms with van der Waals surface area (Å²) in [6, 6.07) is 4.94. The fourth-order valence-electron chi connectivity index (χ4n) is 5.39. The molecular formula is C27H27Cl3F2N2O. The van der Waals surface area contributed by atoms with Gasteiger partial charge >= 0.3 is 0 Å². The number of aromatic amines is 1. The molecular weight excluding hydrogens is 513 g/mol. The number of nitrogens with zero attached hydrogens (tertiary/aromatic N) is 1. The third-order valence-corrected chi connectivity index (χ3v) is 8.39. The lowest BCUT2D eigenvalue weighted by Gasteiger charge is -2.21. The normalized spacial score (nSPS) is 21.5. The summed E-state index contributed by atoms with van der Waals surface area (Å²) in [6.07, 6.45) is 11.1. The SMILES string of the molecule is Fc1ccc(OC(=C2N=C(C3CCCCC3)C(Cl)=C2Cl)c2cc(Cl)c(C3CCCCC3)[nH]2)c(F)c1. The van der Waals surface area contributed by atoms with Crippen LogP contribution in [0, 0.1) is 17.6 Å². The Hall–Kier alpha value is -1.82. The minimum absolute atomic E-state index is 0.138. The van der Waals surface area contributed by atoms with Crippen LogP contribution in [0.5, 0.6) is 5.75 Å². The van der Waals surface area contributed by atoms with Gasteiger partial charge in [0.2, 0.25) is 0 Å². The van der Waals surface area contributed by atoms with Crippen LogP contribution in [0.15, 0.2) is 45.0 Å². The molecule has 2 aromatic rings. The molecule has 2 saturated carbocycles. The number of aromatic nitrogens is 1. The van der Waals surface area contributed by atoms with Gasteiger partial charge in [-0.3, -0.25) is 0 Å². The lowest BCUT2D eigenvalue weighted by atomic mass is 9.86. The predicted octanol–water partition coefficient (Wildman–Crippen LogP) is 9.47. The van der Waals surface area contributed by atoms with Crippen molar-refractivity contribution >= 4 is 46.3 Å². The summed E-state index contributed by atoms with van der Waals surface area (Å²) in [4.78, 5) is 8.22. The number of rotatable bonds is 5. The topological polar surface area (TPSA) is 37.4 Å². The Morgan fingerprint density at radius 3 is 2.17 bits per heavy atom. The summed E-state index contributed by atoms with van der Waals surface area (Å²) in [5, 5.41) is 1.25. The van der Waals surface area contributed by atoms with E-state index in [0.717, 1.165) is 74.9 Å². The summed E-state index contributed by atoms with van der Waals surface area (Å²) in [5.41, 5.74) is 2.54. The molecule has 35 heavy (non-hydrogen) atoms. The zero-order valence-electron chi connectivity index (χ0n) is 19.3. The minimum Gasteiger partial charge on any atom is -0.450 e. The molecule has 0 bridgehead atoms. The second kappa shape index (κ2) is 10.7. The summed E-state index contributed by atoms with van der Waals surface area (Å²) in [6.45, 7) is 0. The van der Waals surface area contributed by atoms with Crippen LogP contribution in [0.3, 0.4) is 0 Å². The lowest BCUT2D eigenvalue weighted by Crippen LogP contribution is -2.16. The van der Waals surface area contributed by atoms with E-state index in [1.807, 2.05) is 0 Å². The fraction of sp³-hybridized carbons (Fsp3) is 0.444. The highest BCUT2D eigenvalue weighted by molar-refractivity contribution is 6.52. The minimum atomic E-state index is -0.825. The molecule has 2 fully saturated rings. The van der Waals surface area contributed by atoms with Gasteiger partial charge in [0.1, 0.15) is 11.5 Å². The second-order valence-corrected chi connectivity index (χ2v) is 10.8. The van der Waals surface area contributed by atoms with Crippen LogP contribution in [0.4, 0.5) is 8.78 Å². The molecule has 1 aliphatic heterocycles. The Morgan fingerprint density at radius 2 is 1.51 bits per heavy atom. The first kappa shape index (κ1) is 24.9. The highest BCUT2D eigenvalue weighted by Crippen LogP contribution is 2.43. The van der Waals surface area contributed by atoms with E-state index >= 15 is 0 Å². The molecule has 186 valence electrons. The quantitative estimate of drug-likeness (QED) is 0.377. The number of nitrogens with one attached hydrogen (secondary N) is 1. The standard InChI is InChI=1S/C27H27Cl3F2N2O/c28-18-14-20(33-24(18)15-7-3-1-4-8-15)27(35-21-12-11-17(31)13-19(21)32)26-23(30)22(29)25(34-26)16-9-5-2-6-10-16/h11-16,33H,1-10H2. The van der Waals surface area contributed by atoms with Crippen molar-refractivity contribution in [1.82, 2.24) is 4.98 Å². The number of H-pyrrole nitrogens is 1. The summed E-state index contributed by atoms with van der Waals surface area (Å²) >= 11 is 20.0. The third-order valence-electron chi connectivity index (χ3n) is 7.23. The van der Waals surface area contributed by atoms with E-state index in [4.69, 9.17) is 44.5 Å². The largest absolute Gasteiger partial charge is 0.450 e. The molecule has 1 N–H and O–H groups in total. The fourth-order valence-corrected chi connectivity index (χ4v) is 6.21. The average Bonchev–Trinajstić information content (AvgIpc) is 3.39. The smallest absolute Gasteiger partial charge is 0.178 e. The molecule has 5 rings (SSSR count). The first-order chi connectivity index (χ1) is 16.9. The average molecular weight is 540 g/mol. The highest BCUT2D eigenvalue weighted by Gasteiger charge is 2.33. The Bertz CT molecular complexity index is 1210. The number of allylic oxidation sites excluding steroid dienone is 2. The first-order valence-corrected chi connectivity index (χ1v) is 13.5. The lowest BCUT2D eigenvalue weighted by molar-refractivity contribution is 0.436. The van der Waals surface area contributed by atoms with Gasteiger partial charge in [0.15, 0.2) is 17.3 Å². The van der Waals surface area contributed by atoms with Crippen LogP contribution in [-0.4, -0.2) is 10.7 Å². The summed E-state index contributed by atoms with van der Waals surface area (Å²) in [5.74, 6) is -0.899. The molecule has 3 nitrogen and oxygen atoms in total. The van der Waals surface area contributed by atoms with Gasteiger partial charge in [-0.15, -0.1) is 0 Å². The van der Waals surface area contributed by atoms with E-state index < -0.39 is 11.6 Å². The van der Waals surface area contributed by atoms with Crippen LogP contribution >= 0.6 is 34.8 Å². The molecule has 0 radical (unpaired) electrons. The molecule has 0 saturated heterocycles. The van der Waals surface area contributed by atoms with Crippen molar-refractivity contribution in [2.75, 3.05) is 0 Å². The maximum Gasteiger partial charge on any atom is 0.178 e. The molecule has 1 aromatic heterocycles. The summed E-state index contributed by atoms with van der Waals surface area (Å²) < 4.78 is 34.2. The van der Waals surface area contributed by atoms with Gasteiger partial charge in [-0.2, -0.15) is 0 Å². The van der Waals surface area contributed by atoms with Crippen LogP contribution in [0.2, 0.25) is 5.02 Å². The van der Waals surface area contributed by atoms with Crippen molar-refractivity contribution in [3.05, 3.63) is 68.1 Å². The van der Waals surface area contributed by atoms with Crippen LogP contribution < -0.4 is 4.74 Å². The highest BCUT2D eigenvalue weighted by atomic mass is 35.5. The van der Waals surface area contributed by atoms with Crippen LogP contribution in [-0.2, 0) is 0 Å². The van der Waals surface area contributed by atoms with Crippen LogP contribution in [0.1, 0.15) is 81.5 Å². The number of ether oxygens (including phenoxy) is 1. The number of hydrogen-bond acceptors (Lipinski definition) is 2. The molecule has 0 unspecified atom stereocenters. The van der Waals surface area contributed by atoms with E-state index in [9.17, 15) is 8.78 Å². The van der Waals surface area contributed by atoms with E-state index in [2.05, 4.69) is 4.98 Å². The van der Waals surface area contributed by atoms with Gasteiger partial charge in [0.25, 0.3) is 0 Å².